The Balaban J connectivity index is 1.83. The lowest BCUT2D eigenvalue weighted by molar-refractivity contribution is -0.122. The number of nitrogens with zero attached hydrogens (tertiary/aromatic N) is 4. The number of likely N-dealkylation sites (tertiary alicyclic amines) is 1. The number of anilines is 2. The lowest BCUT2D eigenvalue weighted by Crippen LogP contribution is -2.41. The van der Waals surface area contributed by atoms with Gasteiger partial charge in [0.2, 0.25) is 5.91 Å². The van der Waals surface area contributed by atoms with Crippen LogP contribution in [0, 0.1) is 6.92 Å². The average Bonchev–Trinajstić information content (AvgIpc) is 2.62. The van der Waals surface area contributed by atoms with E-state index in [4.69, 9.17) is 0 Å². The smallest absolute Gasteiger partial charge is 0.233 e. The topological polar surface area (TPSA) is 83.0 Å². The second-order valence-corrected chi connectivity index (χ2v) is 6.22. The number of pyridine rings is 1. The van der Waals surface area contributed by atoms with Gasteiger partial charge in [-0.05, 0) is 38.4 Å². The normalized spacial score (nSPS) is 17.9. The molecule has 7 heteroatoms. The molecule has 3 heterocycles. The van der Waals surface area contributed by atoms with Gasteiger partial charge in [-0.1, -0.05) is 12.5 Å². The van der Waals surface area contributed by atoms with Gasteiger partial charge >= 0.3 is 0 Å². The zero-order valence-corrected chi connectivity index (χ0v) is 14.7. The van der Waals surface area contributed by atoms with Crippen LogP contribution in [0.1, 0.15) is 36.8 Å². The molecular formula is C18H24N6O. The lowest BCUT2D eigenvalue weighted by atomic mass is 9.99. The minimum Gasteiger partial charge on any atom is -0.358 e. The molecule has 0 aromatic carbocycles. The van der Waals surface area contributed by atoms with Crippen LogP contribution in [0.25, 0.3) is 0 Å². The van der Waals surface area contributed by atoms with Crippen LogP contribution in [0.2, 0.25) is 0 Å². The van der Waals surface area contributed by atoms with E-state index in [1.165, 1.54) is 0 Å². The van der Waals surface area contributed by atoms with Crippen molar-refractivity contribution in [2.45, 2.75) is 32.2 Å². The molecule has 0 radical (unpaired) electrons. The number of hydrogen-bond acceptors (Lipinski definition) is 6. The number of aryl methyl sites for hydroxylation is 1. The minimum atomic E-state index is 0.0320. The fraction of sp³-hybridized carbons (Fsp3) is 0.444. The maximum Gasteiger partial charge on any atom is 0.233 e. The molecule has 1 aliphatic heterocycles. The lowest BCUT2D eigenvalue weighted by Gasteiger charge is -2.34. The highest BCUT2D eigenvalue weighted by Gasteiger charge is 2.27. The van der Waals surface area contributed by atoms with Gasteiger partial charge < -0.3 is 10.6 Å². The van der Waals surface area contributed by atoms with E-state index < -0.39 is 0 Å². The third-order valence-corrected chi connectivity index (χ3v) is 4.36. The first-order valence-corrected chi connectivity index (χ1v) is 8.64. The quantitative estimate of drug-likeness (QED) is 0.868. The van der Waals surface area contributed by atoms with E-state index in [2.05, 4.69) is 30.5 Å². The highest BCUT2D eigenvalue weighted by Crippen LogP contribution is 2.30. The van der Waals surface area contributed by atoms with Gasteiger partial charge in [0, 0.05) is 19.3 Å². The van der Waals surface area contributed by atoms with E-state index in [0.29, 0.717) is 12.4 Å². The SMILES string of the molecule is CNC(=O)CN1CCCCC1c1cc(Nc2ccccn2)nc(C)n1. The van der Waals surface area contributed by atoms with Crippen LogP contribution < -0.4 is 10.6 Å². The summed E-state index contributed by atoms with van der Waals surface area (Å²) in [6, 6.07) is 7.80. The van der Waals surface area contributed by atoms with Gasteiger partial charge in [0.15, 0.2) is 0 Å². The van der Waals surface area contributed by atoms with Crippen molar-refractivity contribution in [1.82, 2.24) is 25.2 Å². The standard InChI is InChI=1S/C18H24N6O/c1-13-21-14(11-17(22-13)23-16-8-3-5-9-20-16)15-7-4-6-10-24(15)12-18(25)19-2/h3,5,8-9,11,15H,4,6-7,10,12H2,1-2H3,(H,19,25)(H,20,21,22,23). The number of piperidine rings is 1. The summed E-state index contributed by atoms with van der Waals surface area (Å²) in [7, 11) is 1.67. The zero-order valence-electron chi connectivity index (χ0n) is 14.7. The Morgan fingerprint density at radius 3 is 2.92 bits per heavy atom. The minimum absolute atomic E-state index is 0.0320. The number of aromatic nitrogens is 3. The Bertz CT molecular complexity index is 721. The van der Waals surface area contributed by atoms with E-state index >= 15 is 0 Å². The first-order chi connectivity index (χ1) is 12.2. The second-order valence-electron chi connectivity index (χ2n) is 6.22. The second kappa shape index (κ2) is 8.02. The summed E-state index contributed by atoms with van der Waals surface area (Å²) in [5.41, 5.74) is 0.953. The van der Waals surface area contributed by atoms with E-state index in [1.807, 2.05) is 31.2 Å². The van der Waals surface area contributed by atoms with Crippen molar-refractivity contribution in [3.8, 4) is 0 Å². The molecular weight excluding hydrogens is 316 g/mol. The van der Waals surface area contributed by atoms with Crippen molar-refractivity contribution >= 4 is 17.5 Å². The number of hydrogen-bond donors (Lipinski definition) is 2. The van der Waals surface area contributed by atoms with Crippen molar-refractivity contribution in [3.63, 3.8) is 0 Å². The molecule has 132 valence electrons. The first kappa shape index (κ1) is 17.3. The van der Waals surface area contributed by atoms with Crippen molar-refractivity contribution < 1.29 is 4.79 Å². The average molecular weight is 340 g/mol. The van der Waals surface area contributed by atoms with Crippen LogP contribution in [-0.2, 0) is 4.79 Å². The Morgan fingerprint density at radius 1 is 1.28 bits per heavy atom. The zero-order chi connectivity index (χ0) is 17.6. The van der Waals surface area contributed by atoms with Crippen LogP contribution >= 0.6 is 0 Å². The van der Waals surface area contributed by atoms with Gasteiger partial charge in [-0.15, -0.1) is 0 Å². The predicted molar refractivity (Wildman–Crippen MR) is 96.5 cm³/mol. The van der Waals surface area contributed by atoms with Gasteiger partial charge in [-0.3, -0.25) is 9.69 Å². The molecule has 2 aromatic rings. The highest BCUT2D eigenvalue weighted by molar-refractivity contribution is 5.77. The number of amides is 1. The highest BCUT2D eigenvalue weighted by atomic mass is 16.1. The van der Waals surface area contributed by atoms with Crippen LogP contribution in [0.15, 0.2) is 30.5 Å². The van der Waals surface area contributed by atoms with Gasteiger partial charge in [0.1, 0.15) is 17.5 Å². The molecule has 3 rings (SSSR count). The summed E-state index contributed by atoms with van der Waals surface area (Å²) in [6.45, 7) is 3.19. The third kappa shape index (κ3) is 4.51. The molecule has 1 amide bonds. The molecule has 1 aliphatic rings. The Hall–Kier alpha value is -2.54. The first-order valence-electron chi connectivity index (χ1n) is 8.64. The third-order valence-electron chi connectivity index (χ3n) is 4.36. The molecule has 0 spiro atoms. The van der Waals surface area contributed by atoms with Crippen molar-refractivity contribution in [3.05, 3.63) is 42.0 Å². The molecule has 2 aromatic heterocycles. The van der Waals surface area contributed by atoms with Gasteiger partial charge in [-0.2, -0.15) is 0 Å². The van der Waals surface area contributed by atoms with Gasteiger partial charge in [0.25, 0.3) is 0 Å². The summed E-state index contributed by atoms with van der Waals surface area (Å²) in [5.74, 6) is 2.22. The molecule has 1 unspecified atom stereocenters. The fourth-order valence-electron chi connectivity index (χ4n) is 3.17. The van der Waals surface area contributed by atoms with E-state index in [-0.39, 0.29) is 11.9 Å². The largest absolute Gasteiger partial charge is 0.358 e. The Morgan fingerprint density at radius 2 is 2.16 bits per heavy atom. The number of nitrogens with one attached hydrogen (secondary N) is 2. The van der Waals surface area contributed by atoms with Gasteiger partial charge in [-0.25, -0.2) is 15.0 Å². The molecule has 0 aliphatic carbocycles. The molecule has 1 saturated heterocycles. The van der Waals surface area contributed by atoms with Crippen LogP contribution in [0.4, 0.5) is 11.6 Å². The van der Waals surface area contributed by atoms with Gasteiger partial charge in [0.05, 0.1) is 18.3 Å². The predicted octanol–water partition coefficient (Wildman–Crippen LogP) is 2.20. The number of carbonyl (C=O) groups is 1. The fourth-order valence-corrected chi connectivity index (χ4v) is 3.17. The van der Waals surface area contributed by atoms with Crippen LogP contribution in [0.5, 0.6) is 0 Å². The summed E-state index contributed by atoms with van der Waals surface area (Å²) >= 11 is 0. The van der Waals surface area contributed by atoms with E-state index in [9.17, 15) is 4.79 Å². The van der Waals surface area contributed by atoms with E-state index in [1.54, 1.807) is 13.2 Å². The van der Waals surface area contributed by atoms with Crippen molar-refractivity contribution in [2.75, 3.05) is 25.5 Å². The molecule has 1 atom stereocenters. The van der Waals surface area contributed by atoms with Crippen molar-refractivity contribution in [2.24, 2.45) is 0 Å². The maximum absolute atomic E-state index is 11.8. The molecule has 7 nitrogen and oxygen atoms in total. The summed E-state index contributed by atoms with van der Waals surface area (Å²) in [4.78, 5) is 27.4. The summed E-state index contributed by atoms with van der Waals surface area (Å²) in [5, 5.41) is 5.94. The Labute approximate surface area is 147 Å². The van der Waals surface area contributed by atoms with Crippen LogP contribution in [-0.4, -0.2) is 45.9 Å². The number of likely N-dealkylation sites (N-methyl/N-ethyl adjacent to an activating group) is 1. The van der Waals surface area contributed by atoms with Crippen LogP contribution in [0.3, 0.4) is 0 Å². The maximum atomic E-state index is 11.8. The monoisotopic (exact) mass is 340 g/mol. The Kier molecular flexibility index (Phi) is 5.55. The molecule has 0 bridgehead atoms. The molecule has 2 N–H and O–H groups in total. The summed E-state index contributed by atoms with van der Waals surface area (Å²) < 4.78 is 0. The van der Waals surface area contributed by atoms with Crippen molar-refractivity contribution in [1.29, 1.82) is 0 Å². The molecule has 1 fully saturated rings. The summed E-state index contributed by atoms with van der Waals surface area (Å²) in [6.07, 6.45) is 4.98. The van der Waals surface area contributed by atoms with E-state index in [0.717, 1.165) is 43.1 Å². The molecule has 0 saturated carbocycles. The number of rotatable bonds is 5. The number of carbonyl (C=O) groups excluding carboxylic acids is 1. The molecule has 25 heavy (non-hydrogen) atoms.